The number of carbonyl (C=O) groups excluding carboxylic acids is 1. The monoisotopic (exact) mass is 559 g/mol. The number of pyridine rings is 1. The summed E-state index contributed by atoms with van der Waals surface area (Å²) in [6.07, 6.45) is 5.33. The van der Waals surface area contributed by atoms with E-state index in [1.165, 1.54) is 6.33 Å². The standard InChI is InChI=1S/C30H37N5O4Si/c1-5-13-32-30(36)39-26-11-12-28(38-20-23-9-7-6-8-10-23)27(17-26)24-16-25(19-31-18-24)29-33-21-34-35(29)22-37-14-15-40(2,3)4/h6-12,16-19,21H,5,13-15,20,22H2,1-4H3,(H,32,36). The molecule has 0 aliphatic carbocycles. The molecular formula is C30H37N5O4Si. The fourth-order valence-electron chi connectivity index (χ4n) is 3.85. The zero-order valence-electron chi connectivity index (χ0n) is 23.6. The topological polar surface area (TPSA) is 100 Å². The van der Waals surface area contributed by atoms with E-state index >= 15 is 0 Å². The Labute approximate surface area is 236 Å². The molecule has 9 nitrogen and oxygen atoms in total. The third-order valence-corrected chi connectivity index (χ3v) is 7.76. The summed E-state index contributed by atoms with van der Waals surface area (Å²) in [5.41, 5.74) is 3.35. The normalized spacial score (nSPS) is 11.3. The van der Waals surface area contributed by atoms with Crippen molar-refractivity contribution in [1.82, 2.24) is 25.1 Å². The second-order valence-corrected chi connectivity index (χ2v) is 16.3. The van der Waals surface area contributed by atoms with Crippen molar-refractivity contribution in [2.45, 2.75) is 52.4 Å². The van der Waals surface area contributed by atoms with Crippen molar-refractivity contribution in [2.24, 2.45) is 0 Å². The van der Waals surface area contributed by atoms with Gasteiger partial charge in [0, 0.05) is 50.3 Å². The number of ether oxygens (including phenoxy) is 3. The van der Waals surface area contributed by atoms with Crippen LogP contribution in [0.4, 0.5) is 4.79 Å². The number of benzene rings is 2. The lowest BCUT2D eigenvalue weighted by molar-refractivity contribution is 0.0796. The highest BCUT2D eigenvalue weighted by Gasteiger charge is 2.16. The Kier molecular flexibility index (Phi) is 10.0. The first-order valence-electron chi connectivity index (χ1n) is 13.5. The van der Waals surface area contributed by atoms with E-state index in [4.69, 9.17) is 14.2 Å². The molecule has 0 unspecified atom stereocenters. The van der Waals surface area contributed by atoms with E-state index in [0.717, 1.165) is 34.7 Å². The SMILES string of the molecule is CCCNC(=O)Oc1ccc(OCc2ccccc2)c(-c2cncc(-c3ncnn3COCC[Si](C)(C)C)c2)c1. The molecule has 0 saturated carbocycles. The van der Waals surface area contributed by atoms with E-state index in [9.17, 15) is 4.79 Å². The van der Waals surface area contributed by atoms with Crippen molar-refractivity contribution in [3.05, 3.63) is 78.9 Å². The molecule has 2 heterocycles. The van der Waals surface area contributed by atoms with Gasteiger partial charge >= 0.3 is 6.09 Å². The second-order valence-electron chi connectivity index (χ2n) is 10.6. The van der Waals surface area contributed by atoms with Crippen LogP contribution in [0, 0.1) is 0 Å². The summed E-state index contributed by atoms with van der Waals surface area (Å²) in [5.74, 6) is 1.70. The molecule has 10 heteroatoms. The summed E-state index contributed by atoms with van der Waals surface area (Å²) >= 11 is 0. The van der Waals surface area contributed by atoms with Gasteiger partial charge in [-0.25, -0.2) is 14.5 Å². The van der Waals surface area contributed by atoms with Crippen LogP contribution in [0.1, 0.15) is 18.9 Å². The highest BCUT2D eigenvalue weighted by Crippen LogP contribution is 2.35. The third kappa shape index (κ3) is 8.49. The first-order valence-corrected chi connectivity index (χ1v) is 17.2. The summed E-state index contributed by atoms with van der Waals surface area (Å²) < 4.78 is 19.4. The van der Waals surface area contributed by atoms with E-state index in [1.54, 1.807) is 29.2 Å². The molecule has 0 atom stereocenters. The highest BCUT2D eigenvalue weighted by molar-refractivity contribution is 6.76. The Balaban J connectivity index is 1.59. The minimum atomic E-state index is -1.19. The van der Waals surface area contributed by atoms with Gasteiger partial charge in [-0.2, -0.15) is 5.10 Å². The van der Waals surface area contributed by atoms with Gasteiger partial charge in [-0.1, -0.05) is 56.9 Å². The predicted molar refractivity (Wildman–Crippen MR) is 158 cm³/mol. The molecule has 210 valence electrons. The number of hydrogen-bond donors (Lipinski definition) is 1. The molecule has 2 aromatic carbocycles. The summed E-state index contributed by atoms with van der Waals surface area (Å²) in [5, 5.41) is 7.09. The van der Waals surface area contributed by atoms with Gasteiger partial charge in [0.2, 0.25) is 0 Å². The Bertz CT molecular complexity index is 1390. The number of rotatable bonds is 13. The van der Waals surface area contributed by atoms with Crippen molar-refractivity contribution in [1.29, 1.82) is 0 Å². The molecule has 0 fully saturated rings. The number of aromatic nitrogens is 4. The molecule has 40 heavy (non-hydrogen) atoms. The van der Waals surface area contributed by atoms with Crippen LogP contribution < -0.4 is 14.8 Å². The van der Waals surface area contributed by atoms with E-state index < -0.39 is 14.2 Å². The molecule has 1 amide bonds. The Morgan fingerprint density at radius 1 is 1.02 bits per heavy atom. The number of nitrogens with one attached hydrogen (secondary N) is 1. The van der Waals surface area contributed by atoms with Crippen LogP contribution in [0.25, 0.3) is 22.5 Å². The lowest BCUT2D eigenvalue weighted by atomic mass is 10.0. The highest BCUT2D eigenvalue weighted by atomic mass is 28.3. The van der Waals surface area contributed by atoms with Crippen LogP contribution in [0.2, 0.25) is 25.7 Å². The lowest BCUT2D eigenvalue weighted by Gasteiger charge is -2.16. The molecule has 0 radical (unpaired) electrons. The molecule has 2 aromatic heterocycles. The molecule has 1 N–H and O–H groups in total. The van der Waals surface area contributed by atoms with Gasteiger partial charge in [-0.15, -0.1) is 0 Å². The first-order chi connectivity index (χ1) is 19.3. The van der Waals surface area contributed by atoms with E-state index in [0.29, 0.717) is 43.8 Å². The fourth-order valence-corrected chi connectivity index (χ4v) is 4.61. The van der Waals surface area contributed by atoms with Gasteiger partial charge in [0.05, 0.1) is 0 Å². The summed E-state index contributed by atoms with van der Waals surface area (Å²) in [6, 6.07) is 18.3. The molecular weight excluding hydrogens is 522 g/mol. The van der Waals surface area contributed by atoms with Gasteiger partial charge in [0.25, 0.3) is 0 Å². The smallest absolute Gasteiger partial charge is 0.412 e. The molecule has 4 aromatic rings. The largest absolute Gasteiger partial charge is 0.488 e. The number of amides is 1. The first kappa shape index (κ1) is 29.0. The minimum absolute atomic E-state index is 0.311. The summed E-state index contributed by atoms with van der Waals surface area (Å²) in [4.78, 5) is 21.2. The Morgan fingerprint density at radius 3 is 2.60 bits per heavy atom. The zero-order chi connectivity index (χ0) is 28.4. The van der Waals surface area contributed by atoms with Crippen LogP contribution in [0.15, 0.2) is 73.3 Å². The van der Waals surface area contributed by atoms with Crippen molar-refractivity contribution < 1.29 is 19.0 Å². The van der Waals surface area contributed by atoms with Crippen molar-refractivity contribution in [3.8, 4) is 34.0 Å². The van der Waals surface area contributed by atoms with E-state index in [2.05, 4.69) is 40.0 Å². The fraction of sp³-hybridized carbons (Fsp3) is 0.333. The van der Waals surface area contributed by atoms with Crippen molar-refractivity contribution in [3.63, 3.8) is 0 Å². The number of hydrogen-bond acceptors (Lipinski definition) is 7. The van der Waals surface area contributed by atoms with Crippen molar-refractivity contribution >= 4 is 14.2 Å². The van der Waals surface area contributed by atoms with Crippen LogP contribution in [0.3, 0.4) is 0 Å². The van der Waals surface area contributed by atoms with Gasteiger partial charge in [-0.3, -0.25) is 4.98 Å². The molecule has 0 bridgehead atoms. The predicted octanol–water partition coefficient (Wildman–Crippen LogP) is 6.40. The van der Waals surface area contributed by atoms with E-state index in [1.807, 2.05) is 49.4 Å². The van der Waals surface area contributed by atoms with Crippen LogP contribution in [-0.2, 0) is 18.1 Å². The van der Waals surface area contributed by atoms with Gasteiger partial charge < -0.3 is 19.5 Å². The van der Waals surface area contributed by atoms with Gasteiger partial charge in [0.1, 0.15) is 31.2 Å². The maximum Gasteiger partial charge on any atom is 0.412 e. The van der Waals surface area contributed by atoms with Gasteiger partial charge in [-0.05, 0) is 42.3 Å². The molecule has 0 aliphatic rings. The number of nitrogens with zero attached hydrogens (tertiary/aromatic N) is 4. The van der Waals surface area contributed by atoms with Crippen LogP contribution in [-0.4, -0.2) is 47.1 Å². The third-order valence-electron chi connectivity index (χ3n) is 6.05. The average molecular weight is 560 g/mol. The summed E-state index contributed by atoms with van der Waals surface area (Å²) in [6.45, 7) is 10.9. The zero-order valence-corrected chi connectivity index (χ0v) is 24.6. The Hall–Kier alpha value is -4.02. The lowest BCUT2D eigenvalue weighted by Crippen LogP contribution is -2.27. The number of carbonyl (C=O) groups is 1. The Morgan fingerprint density at radius 2 is 1.82 bits per heavy atom. The van der Waals surface area contributed by atoms with E-state index in [-0.39, 0.29) is 0 Å². The molecule has 4 rings (SSSR count). The maximum absolute atomic E-state index is 12.2. The van der Waals surface area contributed by atoms with Crippen LogP contribution in [0.5, 0.6) is 11.5 Å². The molecule has 0 spiro atoms. The summed E-state index contributed by atoms with van der Waals surface area (Å²) in [7, 11) is -1.19. The maximum atomic E-state index is 12.2. The molecule has 0 aliphatic heterocycles. The quantitative estimate of drug-likeness (QED) is 0.149. The molecule has 0 saturated heterocycles. The van der Waals surface area contributed by atoms with Crippen molar-refractivity contribution in [2.75, 3.05) is 13.2 Å². The van der Waals surface area contributed by atoms with Gasteiger partial charge in [0.15, 0.2) is 5.82 Å². The van der Waals surface area contributed by atoms with Crippen LogP contribution >= 0.6 is 0 Å². The second kappa shape index (κ2) is 13.9. The minimum Gasteiger partial charge on any atom is -0.488 e. The average Bonchev–Trinajstić information content (AvgIpc) is 3.42.